The summed E-state index contributed by atoms with van der Waals surface area (Å²) in [7, 11) is -1.50. The van der Waals surface area contributed by atoms with Gasteiger partial charge >= 0.3 is 0 Å². The fourth-order valence-corrected chi connectivity index (χ4v) is 17.9. The number of nitrogens with two attached hydrogens (primary N) is 1. The second-order valence-electron chi connectivity index (χ2n) is 31.8. The number of aromatic nitrogens is 8. The molecule has 0 unspecified atom stereocenters. The van der Waals surface area contributed by atoms with Crippen LogP contribution in [0.3, 0.4) is 0 Å². The summed E-state index contributed by atoms with van der Waals surface area (Å²) in [6.45, 7) is 37.8. The predicted octanol–water partition coefficient (Wildman–Crippen LogP) is 16.9. The van der Waals surface area contributed by atoms with Crippen LogP contribution < -0.4 is 51.6 Å². The molecule has 9 aromatic rings. The molecule has 8 heterocycles. The number of halogens is 3. The molecule has 0 aliphatic carbocycles. The van der Waals surface area contributed by atoms with Crippen LogP contribution in [0.4, 0.5) is 51.7 Å². The van der Waals surface area contributed by atoms with E-state index in [2.05, 4.69) is 199 Å². The van der Waals surface area contributed by atoms with E-state index >= 15 is 0 Å². The van der Waals surface area contributed by atoms with Crippen LogP contribution in [0.1, 0.15) is 127 Å². The third kappa shape index (κ3) is 27.1. The number of nitrogens with one attached hydrogen (secondary N) is 3. The first-order valence-electron chi connectivity index (χ1n) is 40.8. The third-order valence-corrected chi connectivity index (χ3v) is 27.0. The van der Waals surface area contributed by atoms with E-state index in [9.17, 15) is 17.5 Å². The summed E-state index contributed by atoms with van der Waals surface area (Å²) in [6, 6.07) is 27.3. The molecular formula is C87H121Br2ClN18O8P2S. The van der Waals surface area contributed by atoms with Crippen LogP contribution in [0.2, 0.25) is 5.28 Å². The van der Waals surface area contributed by atoms with E-state index in [0.29, 0.717) is 84.6 Å². The van der Waals surface area contributed by atoms with Crippen molar-refractivity contribution in [2.75, 3.05) is 172 Å². The van der Waals surface area contributed by atoms with Gasteiger partial charge in [-0.3, -0.25) is 14.4 Å². The summed E-state index contributed by atoms with van der Waals surface area (Å²) in [4.78, 5) is 50.8. The summed E-state index contributed by atoms with van der Waals surface area (Å²) in [6.07, 6.45) is 19.4. The quantitative estimate of drug-likeness (QED) is 0.0150. The number of hydrogen-bond donors (Lipinski definition) is 6. The van der Waals surface area contributed by atoms with Crippen LogP contribution in [0, 0.1) is 6.92 Å². The zero-order chi connectivity index (χ0) is 86.5. The number of rotatable bonds is 23. The minimum atomic E-state index is -4.02. The summed E-state index contributed by atoms with van der Waals surface area (Å²) < 4.78 is 68.8. The van der Waals surface area contributed by atoms with Crippen molar-refractivity contribution in [3.05, 3.63) is 164 Å². The Hall–Kier alpha value is -7.76. The van der Waals surface area contributed by atoms with Crippen molar-refractivity contribution in [3.63, 3.8) is 0 Å². The van der Waals surface area contributed by atoms with E-state index in [0.717, 1.165) is 122 Å². The Kier molecular flexibility index (Phi) is 35.4. The van der Waals surface area contributed by atoms with Crippen LogP contribution in [-0.2, 0) is 32.1 Å². The lowest BCUT2D eigenvalue weighted by Crippen LogP contribution is -2.52. The minimum Gasteiger partial charge on any atom is -0.495 e. The summed E-state index contributed by atoms with van der Waals surface area (Å²) >= 11 is 12.9. The van der Waals surface area contributed by atoms with Gasteiger partial charge in [0.25, 0.3) is 10.1 Å². The molecule has 0 saturated carbocycles. The number of nitrogen functional groups attached to an aromatic ring is 1. The number of nitrogens with zero attached hydrogens (tertiary/aromatic N) is 14. The Morgan fingerprint density at radius 3 is 1.36 bits per heavy atom. The zero-order valence-electron chi connectivity index (χ0n) is 71.8. The third-order valence-electron chi connectivity index (χ3n) is 21.7. The lowest BCUT2D eigenvalue weighted by Gasteiger charge is -2.43. The number of hydrogen-bond acceptors (Lipinski definition) is 25. The molecule has 26 nitrogen and oxygen atoms in total. The molecule has 0 bridgehead atoms. The van der Waals surface area contributed by atoms with Crippen LogP contribution in [0.15, 0.2) is 136 Å². The molecular weight excluding hydrogens is 1710 g/mol. The molecule has 7 N–H and O–H groups in total. The van der Waals surface area contributed by atoms with Gasteiger partial charge in [0.1, 0.15) is 37.4 Å². The topological polar surface area (TPSA) is 312 Å². The average Bonchev–Trinajstić information content (AvgIpc) is 0.807. The largest absolute Gasteiger partial charge is 0.495 e. The molecule has 119 heavy (non-hydrogen) atoms. The smallest absolute Gasteiger partial charge is 0.294 e. The van der Waals surface area contributed by atoms with Crippen LogP contribution >= 0.6 is 57.7 Å². The molecule has 13 rings (SSSR count). The number of methoxy groups -OCH3 is 2. The maximum atomic E-state index is 13.6. The normalized spacial score (nSPS) is 15.5. The first-order valence-corrected chi connectivity index (χ1v) is 49.4. The van der Waals surface area contributed by atoms with E-state index in [1.165, 1.54) is 99.6 Å². The van der Waals surface area contributed by atoms with Gasteiger partial charge in [0.15, 0.2) is 11.6 Å². The number of likely N-dealkylation sites (N-methyl/N-ethyl adjacent to an activating group) is 2. The molecule has 0 amide bonds. The first-order chi connectivity index (χ1) is 56.6. The average molecular weight is 1840 g/mol. The highest BCUT2D eigenvalue weighted by Crippen LogP contribution is 2.44. The number of piperazine rings is 2. The number of ether oxygens (including phenoxy) is 2. The predicted molar refractivity (Wildman–Crippen MR) is 496 cm³/mol. The van der Waals surface area contributed by atoms with Crippen molar-refractivity contribution in [3.8, 4) is 34.3 Å². The number of aliphatic hydroxyl groups is 1. The van der Waals surface area contributed by atoms with Gasteiger partial charge in [-0.15, -0.1) is 0 Å². The molecule has 0 spiro atoms. The minimum absolute atomic E-state index is 0.0666. The number of aryl methyl sites for hydroxylation is 3. The monoisotopic (exact) mass is 1830 g/mol. The van der Waals surface area contributed by atoms with Crippen molar-refractivity contribution >= 4 is 130 Å². The van der Waals surface area contributed by atoms with Crippen LogP contribution in [0.5, 0.6) is 11.5 Å². The van der Waals surface area contributed by atoms with E-state index in [1.807, 2.05) is 68.1 Å². The second kappa shape index (κ2) is 44.3. The van der Waals surface area contributed by atoms with Gasteiger partial charge in [-0.05, 0) is 231 Å². The Morgan fingerprint density at radius 1 is 0.555 bits per heavy atom. The van der Waals surface area contributed by atoms with Crippen molar-refractivity contribution in [1.29, 1.82) is 0 Å². The van der Waals surface area contributed by atoms with E-state index in [-0.39, 0.29) is 10.2 Å². The molecule has 0 atom stereocenters. The Morgan fingerprint density at radius 2 is 0.975 bits per heavy atom. The van der Waals surface area contributed by atoms with E-state index in [4.69, 9.17) is 41.5 Å². The fourth-order valence-electron chi connectivity index (χ4n) is 14.4. The first kappa shape index (κ1) is 95.1. The molecule has 4 aliphatic heterocycles. The zero-order valence-corrected chi connectivity index (χ0v) is 78.4. The van der Waals surface area contributed by atoms with Crippen molar-refractivity contribution in [2.24, 2.45) is 0 Å². The molecule has 32 heteroatoms. The number of benzene rings is 5. The van der Waals surface area contributed by atoms with Gasteiger partial charge in [0, 0.05) is 180 Å². The summed E-state index contributed by atoms with van der Waals surface area (Å²) in [5.74, 6) is 4.88. The Labute approximate surface area is 726 Å². The lowest BCUT2D eigenvalue weighted by atomic mass is 9.99. The van der Waals surface area contributed by atoms with E-state index in [1.54, 1.807) is 65.4 Å². The molecule has 644 valence electrons. The molecule has 0 radical (unpaired) electrons. The van der Waals surface area contributed by atoms with Gasteiger partial charge in [-0.2, -0.15) is 18.4 Å². The van der Waals surface area contributed by atoms with Crippen molar-refractivity contribution in [2.45, 2.75) is 136 Å². The highest BCUT2D eigenvalue weighted by molar-refractivity contribution is 9.11. The molecule has 4 saturated heterocycles. The van der Waals surface area contributed by atoms with Gasteiger partial charge in [0.05, 0.1) is 50.8 Å². The van der Waals surface area contributed by atoms with Crippen molar-refractivity contribution < 1.29 is 36.7 Å². The van der Waals surface area contributed by atoms with Gasteiger partial charge in [-0.25, -0.2) is 29.9 Å². The van der Waals surface area contributed by atoms with Crippen molar-refractivity contribution in [1.82, 2.24) is 59.5 Å². The van der Waals surface area contributed by atoms with Crippen LogP contribution in [-0.4, -0.2) is 230 Å². The Balaban J connectivity index is 0.000000199. The lowest BCUT2D eigenvalue weighted by molar-refractivity contribution is 0.0982. The van der Waals surface area contributed by atoms with E-state index < -0.39 is 24.4 Å². The maximum absolute atomic E-state index is 13.6. The molecule has 4 aliphatic rings. The number of unbranched alkanes of at least 4 members (excludes halogenated alkanes) is 1. The Bertz CT molecular complexity index is 5000. The molecule has 5 aromatic carbocycles. The summed E-state index contributed by atoms with van der Waals surface area (Å²) in [5.41, 5.74) is 18.8. The van der Waals surface area contributed by atoms with Crippen LogP contribution in [0.25, 0.3) is 22.8 Å². The molecule has 4 aromatic heterocycles. The van der Waals surface area contributed by atoms with Gasteiger partial charge in [0.2, 0.25) is 11.2 Å². The standard InChI is InChI=1S/C38H51BrN9O2P.C19H20BrClN5OP.C19H32N4O.C7H8O3S.C4H10O/c1-8-26-19-32(34(50-5)21-33(26)48-13-11-29(12-14-48)47-17-15-46(4)16-18-47)44-38-42-24-30(39)37(45-38)43-31-10-9-27(20-35(31)51(6,7)49)36-40-22-28(23-41-36)25(2)3;1-11(2)13-8-22-17(23-9-13)12-5-6-15(16(7-12)28(3,4)27)25-18-14(20)10-24-19(21)26-18;1-4-15-13-17(20)19(24-3)14-18(15)23-7-5-16(6-8-23)22-11-9-21(2)10-12-22;1-6-2-4-7(5-3-6)11(8,9)10;1-2-3-4-5/h9-10,19-25,29H,8,11-18H2,1-7H3,(H2,42,43,44,45);5-11H,1-4H3,(H,24,25,26);13-14,16H,4-12,20H2,1-3H3;2-5H,1H3,(H,8,9,10);5H,2-4H2,1H3. The number of anilines is 9. The number of piperidine rings is 2. The van der Waals surface area contributed by atoms with Gasteiger partial charge in [-0.1, -0.05) is 72.6 Å². The maximum Gasteiger partial charge on any atom is 0.294 e. The highest BCUT2D eigenvalue weighted by atomic mass is 79.9. The second-order valence-corrected chi connectivity index (χ2v) is 41.7. The molecule has 4 fully saturated rings. The summed E-state index contributed by atoms with van der Waals surface area (Å²) in [5, 5.41) is 19.6. The SMILES string of the molecule is CC(C)c1cnc(-c2ccc(Nc3nc(Cl)ncc3Br)c(P(C)(C)=O)c2)nc1.CCCCO.CCc1cc(N)c(OC)cc1N1CCC(N2CCN(C)CC2)CC1.CCc1cc(Nc2ncc(Br)c(Nc3ccc(-c4ncc(C(C)C)cn4)cc3P(C)(C)=O)n2)c(OC)cc1N1CCC(N2CCN(C)CC2)CC1.Cc1ccc(S(=O)(=O)O)cc1. The van der Waals surface area contributed by atoms with Gasteiger partial charge < -0.3 is 65.0 Å². The number of aliphatic hydroxyl groups excluding tert-OH is 1. The fraction of sp³-hybridized carbons (Fsp3) is 0.471. The highest BCUT2D eigenvalue weighted by Gasteiger charge is 2.31.